The number of ether oxygens (including phenoxy) is 1. The van der Waals surface area contributed by atoms with E-state index in [1.54, 1.807) is 0 Å². The number of hydrogen-bond donors (Lipinski definition) is 2. The van der Waals surface area contributed by atoms with Crippen molar-refractivity contribution in [3.8, 4) is 0 Å². The fourth-order valence-electron chi connectivity index (χ4n) is 2.73. The van der Waals surface area contributed by atoms with Gasteiger partial charge in [0, 0.05) is 6.61 Å². The van der Waals surface area contributed by atoms with Crippen molar-refractivity contribution < 1.29 is 19.4 Å². The summed E-state index contributed by atoms with van der Waals surface area (Å²) in [6.07, 6.45) is 4.02. The molecule has 0 aromatic rings. The molecular weight excluding hydrogens is 222 g/mol. The van der Waals surface area contributed by atoms with E-state index in [0.717, 1.165) is 25.9 Å². The molecule has 5 nitrogen and oxygen atoms in total. The van der Waals surface area contributed by atoms with Crippen LogP contribution >= 0.6 is 0 Å². The van der Waals surface area contributed by atoms with E-state index in [1.165, 1.54) is 0 Å². The Morgan fingerprint density at radius 2 is 1.88 bits per heavy atom. The quantitative estimate of drug-likeness (QED) is 0.765. The number of carbonyl (C=O) groups excluding carboxylic acids is 1. The molecule has 2 aliphatic rings. The zero-order valence-corrected chi connectivity index (χ0v) is 9.85. The standard InChI is InChI=1S/C12H19NO4/c14-11(13-8-3-2-6-17-7-8)9-4-1-5-10(9)12(15)16/h8-10H,1-7H2,(H,13,14)(H,15,16). The molecule has 0 bridgehead atoms. The molecule has 3 atom stereocenters. The lowest BCUT2D eigenvalue weighted by Crippen LogP contribution is -2.44. The van der Waals surface area contributed by atoms with Gasteiger partial charge in [0.15, 0.2) is 0 Å². The van der Waals surface area contributed by atoms with Gasteiger partial charge < -0.3 is 15.2 Å². The molecule has 1 saturated carbocycles. The minimum Gasteiger partial charge on any atom is -0.481 e. The molecule has 3 unspecified atom stereocenters. The van der Waals surface area contributed by atoms with E-state index < -0.39 is 11.9 Å². The molecule has 1 heterocycles. The number of nitrogens with one attached hydrogen (secondary N) is 1. The number of aliphatic carboxylic acids is 1. The molecule has 1 aliphatic heterocycles. The Balaban J connectivity index is 1.88. The van der Waals surface area contributed by atoms with Gasteiger partial charge in [0.25, 0.3) is 0 Å². The van der Waals surface area contributed by atoms with Crippen LogP contribution in [0.15, 0.2) is 0 Å². The first-order valence-corrected chi connectivity index (χ1v) is 6.29. The van der Waals surface area contributed by atoms with Crippen molar-refractivity contribution in [1.29, 1.82) is 0 Å². The van der Waals surface area contributed by atoms with Crippen LogP contribution in [0.1, 0.15) is 32.1 Å². The van der Waals surface area contributed by atoms with Gasteiger partial charge in [0.2, 0.25) is 5.91 Å². The molecule has 1 saturated heterocycles. The van der Waals surface area contributed by atoms with Crippen molar-refractivity contribution >= 4 is 11.9 Å². The SMILES string of the molecule is O=C(O)C1CCCC1C(=O)NC1CCCOC1. The number of carboxylic acid groups (broad SMARTS) is 1. The van der Waals surface area contributed by atoms with E-state index in [-0.39, 0.29) is 17.9 Å². The Morgan fingerprint density at radius 3 is 2.53 bits per heavy atom. The van der Waals surface area contributed by atoms with Crippen molar-refractivity contribution in [1.82, 2.24) is 5.32 Å². The van der Waals surface area contributed by atoms with Crippen LogP contribution in [0.25, 0.3) is 0 Å². The molecule has 0 spiro atoms. The minimum absolute atomic E-state index is 0.0614. The molecule has 0 aromatic heterocycles. The van der Waals surface area contributed by atoms with Gasteiger partial charge >= 0.3 is 5.97 Å². The van der Waals surface area contributed by atoms with Gasteiger partial charge in [-0.2, -0.15) is 0 Å². The minimum atomic E-state index is -0.845. The summed E-state index contributed by atoms with van der Waals surface area (Å²) >= 11 is 0. The smallest absolute Gasteiger partial charge is 0.307 e. The zero-order valence-electron chi connectivity index (χ0n) is 9.85. The van der Waals surface area contributed by atoms with E-state index in [2.05, 4.69) is 5.32 Å². The first-order valence-electron chi connectivity index (χ1n) is 6.29. The molecule has 17 heavy (non-hydrogen) atoms. The fraction of sp³-hybridized carbons (Fsp3) is 0.833. The maximum atomic E-state index is 12.0. The highest BCUT2D eigenvalue weighted by Gasteiger charge is 2.38. The van der Waals surface area contributed by atoms with Crippen LogP contribution in [-0.4, -0.2) is 36.2 Å². The van der Waals surface area contributed by atoms with Gasteiger partial charge in [-0.3, -0.25) is 9.59 Å². The summed E-state index contributed by atoms with van der Waals surface area (Å²) in [6, 6.07) is 0.0614. The van der Waals surface area contributed by atoms with Crippen molar-refractivity contribution in [3.63, 3.8) is 0 Å². The third-order valence-corrected chi connectivity index (χ3v) is 3.68. The second-order valence-electron chi connectivity index (χ2n) is 4.90. The Hall–Kier alpha value is -1.10. The lowest BCUT2D eigenvalue weighted by molar-refractivity contribution is -0.146. The van der Waals surface area contributed by atoms with Crippen molar-refractivity contribution in [2.45, 2.75) is 38.1 Å². The van der Waals surface area contributed by atoms with Gasteiger partial charge in [0.1, 0.15) is 0 Å². The van der Waals surface area contributed by atoms with Crippen LogP contribution in [0.3, 0.4) is 0 Å². The van der Waals surface area contributed by atoms with Gasteiger partial charge in [-0.15, -0.1) is 0 Å². The van der Waals surface area contributed by atoms with E-state index in [0.29, 0.717) is 19.4 Å². The predicted octanol–water partition coefficient (Wildman–Crippen LogP) is 0.782. The lowest BCUT2D eigenvalue weighted by Gasteiger charge is -2.25. The van der Waals surface area contributed by atoms with E-state index in [9.17, 15) is 9.59 Å². The molecule has 2 N–H and O–H groups in total. The second kappa shape index (κ2) is 5.49. The van der Waals surface area contributed by atoms with Gasteiger partial charge in [-0.25, -0.2) is 0 Å². The van der Waals surface area contributed by atoms with Crippen LogP contribution < -0.4 is 5.32 Å². The summed E-state index contributed by atoms with van der Waals surface area (Å²) in [7, 11) is 0. The summed E-state index contributed by atoms with van der Waals surface area (Å²) in [5.74, 6) is -1.80. The average Bonchev–Trinajstić information content (AvgIpc) is 2.79. The molecule has 96 valence electrons. The monoisotopic (exact) mass is 241 g/mol. The summed E-state index contributed by atoms with van der Waals surface area (Å²) in [6.45, 7) is 1.31. The van der Waals surface area contributed by atoms with Gasteiger partial charge in [-0.05, 0) is 25.7 Å². The van der Waals surface area contributed by atoms with Crippen molar-refractivity contribution in [2.75, 3.05) is 13.2 Å². The highest BCUT2D eigenvalue weighted by molar-refractivity contribution is 5.85. The normalized spacial score (nSPS) is 33.3. The van der Waals surface area contributed by atoms with Crippen LogP contribution in [0.2, 0.25) is 0 Å². The van der Waals surface area contributed by atoms with Crippen LogP contribution in [-0.2, 0) is 14.3 Å². The van der Waals surface area contributed by atoms with E-state index >= 15 is 0 Å². The highest BCUT2D eigenvalue weighted by Crippen LogP contribution is 2.32. The summed E-state index contributed by atoms with van der Waals surface area (Å²) in [5, 5.41) is 12.0. The number of carboxylic acids is 1. The Morgan fingerprint density at radius 1 is 1.12 bits per heavy atom. The molecule has 2 fully saturated rings. The van der Waals surface area contributed by atoms with Crippen LogP contribution in [0.5, 0.6) is 0 Å². The molecule has 2 rings (SSSR count). The molecule has 0 radical (unpaired) electrons. The lowest BCUT2D eigenvalue weighted by atomic mass is 9.95. The number of carbonyl (C=O) groups is 2. The first kappa shape index (κ1) is 12.4. The molecule has 1 aliphatic carbocycles. The summed E-state index contributed by atoms with van der Waals surface area (Å²) in [5.41, 5.74) is 0. The maximum Gasteiger partial charge on any atom is 0.307 e. The average molecular weight is 241 g/mol. The molecule has 5 heteroatoms. The van der Waals surface area contributed by atoms with Crippen molar-refractivity contribution in [2.24, 2.45) is 11.8 Å². The molecule has 1 amide bonds. The maximum absolute atomic E-state index is 12.0. The third-order valence-electron chi connectivity index (χ3n) is 3.68. The topological polar surface area (TPSA) is 75.6 Å². The van der Waals surface area contributed by atoms with Crippen LogP contribution in [0.4, 0.5) is 0 Å². The zero-order chi connectivity index (χ0) is 12.3. The molecular formula is C12H19NO4. The number of rotatable bonds is 3. The third kappa shape index (κ3) is 2.97. The summed E-state index contributed by atoms with van der Waals surface area (Å²) in [4.78, 5) is 23.0. The highest BCUT2D eigenvalue weighted by atomic mass is 16.5. The summed E-state index contributed by atoms with van der Waals surface area (Å²) < 4.78 is 5.29. The van der Waals surface area contributed by atoms with Crippen molar-refractivity contribution in [3.05, 3.63) is 0 Å². The largest absolute Gasteiger partial charge is 0.481 e. The fourth-order valence-corrected chi connectivity index (χ4v) is 2.73. The second-order valence-corrected chi connectivity index (χ2v) is 4.90. The molecule has 0 aromatic carbocycles. The van der Waals surface area contributed by atoms with Crippen LogP contribution in [0, 0.1) is 11.8 Å². The van der Waals surface area contributed by atoms with E-state index in [1.807, 2.05) is 0 Å². The Bertz CT molecular complexity index is 299. The van der Waals surface area contributed by atoms with E-state index in [4.69, 9.17) is 9.84 Å². The Labute approximate surface area is 101 Å². The van der Waals surface area contributed by atoms with Gasteiger partial charge in [-0.1, -0.05) is 6.42 Å². The number of amides is 1. The Kier molecular flexibility index (Phi) is 3.99. The van der Waals surface area contributed by atoms with Gasteiger partial charge in [0.05, 0.1) is 24.5 Å². The number of hydrogen-bond acceptors (Lipinski definition) is 3. The predicted molar refractivity (Wildman–Crippen MR) is 60.5 cm³/mol. The first-order chi connectivity index (χ1) is 8.18.